The Kier molecular flexibility index (Phi) is 5.83. The van der Waals surface area contributed by atoms with Crippen molar-refractivity contribution in [3.8, 4) is 0 Å². The highest BCUT2D eigenvalue weighted by Gasteiger charge is 2.14. The van der Waals surface area contributed by atoms with E-state index < -0.39 is 0 Å². The van der Waals surface area contributed by atoms with Gasteiger partial charge in [0.05, 0.1) is 4.88 Å². The molecule has 22 heavy (non-hydrogen) atoms. The molecule has 0 spiro atoms. The average Bonchev–Trinajstić information content (AvgIpc) is 2.95. The van der Waals surface area contributed by atoms with Gasteiger partial charge in [0.15, 0.2) is 0 Å². The van der Waals surface area contributed by atoms with Crippen molar-refractivity contribution in [3.63, 3.8) is 0 Å². The Balaban J connectivity index is 2.00. The van der Waals surface area contributed by atoms with Crippen LogP contribution >= 0.6 is 34.5 Å². The lowest BCUT2D eigenvalue weighted by atomic mass is 10.2. The number of hydrogen-bond acceptors (Lipinski definition) is 3. The minimum absolute atomic E-state index is 0.149. The fourth-order valence-corrected chi connectivity index (χ4v) is 3.09. The molecule has 2 rings (SSSR count). The first kappa shape index (κ1) is 16.8. The van der Waals surface area contributed by atoms with Crippen molar-refractivity contribution in [1.82, 2.24) is 5.32 Å². The molecule has 0 bridgehead atoms. The molecule has 0 radical (unpaired) electrons. The van der Waals surface area contributed by atoms with Gasteiger partial charge in [0.2, 0.25) is 5.91 Å². The Hall–Kier alpha value is -1.56. The summed E-state index contributed by atoms with van der Waals surface area (Å²) in [7, 11) is 0. The fourth-order valence-electron chi connectivity index (χ4n) is 1.94. The molecule has 1 N–H and O–H groups in total. The summed E-state index contributed by atoms with van der Waals surface area (Å²) in [5, 5.41) is 5.53. The highest BCUT2D eigenvalue weighted by Crippen LogP contribution is 2.25. The summed E-state index contributed by atoms with van der Waals surface area (Å²) in [5.74, 6) is -0.300. The van der Waals surface area contributed by atoms with Crippen LogP contribution in [0.25, 0.3) is 0 Å². The predicted molar refractivity (Wildman–Crippen MR) is 91.1 cm³/mol. The Bertz CT molecular complexity index is 654. The lowest BCUT2D eigenvalue weighted by molar-refractivity contribution is -0.116. The minimum Gasteiger partial charge on any atom is -0.350 e. The number of thiophene rings is 1. The Morgan fingerprint density at radius 2 is 1.91 bits per heavy atom. The molecule has 4 nitrogen and oxygen atoms in total. The van der Waals surface area contributed by atoms with Crippen molar-refractivity contribution in [2.45, 2.75) is 6.92 Å². The third kappa shape index (κ3) is 4.47. The van der Waals surface area contributed by atoms with Crippen molar-refractivity contribution < 1.29 is 9.59 Å². The summed E-state index contributed by atoms with van der Waals surface area (Å²) in [5.41, 5.74) is 0.607. The summed E-state index contributed by atoms with van der Waals surface area (Å²) < 4.78 is 0. The topological polar surface area (TPSA) is 49.4 Å². The molecule has 0 aliphatic heterocycles. The third-order valence-electron chi connectivity index (χ3n) is 2.91. The van der Waals surface area contributed by atoms with Crippen LogP contribution in [-0.2, 0) is 4.79 Å². The highest BCUT2D eigenvalue weighted by atomic mass is 35.5. The predicted octanol–water partition coefficient (Wildman–Crippen LogP) is 3.84. The van der Waals surface area contributed by atoms with E-state index in [9.17, 15) is 9.59 Å². The standard InChI is InChI=1S/C15H14Cl2N2O2S/c1-10(20)19(13-8-11(16)7-12(17)9-13)5-4-18-15(21)14-3-2-6-22-14/h2-3,6-9H,4-5H2,1H3,(H,18,21). The van der Waals surface area contributed by atoms with Gasteiger partial charge in [-0.15, -0.1) is 11.3 Å². The number of hydrogen-bond donors (Lipinski definition) is 1. The van der Waals surface area contributed by atoms with Gasteiger partial charge in [-0.2, -0.15) is 0 Å². The van der Waals surface area contributed by atoms with Gasteiger partial charge in [0, 0.05) is 35.7 Å². The second-order valence-corrected chi connectivity index (χ2v) is 6.35. The number of carbonyl (C=O) groups is 2. The normalized spacial score (nSPS) is 10.3. The van der Waals surface area contributed by atoms with Gasteiger partial charge >= 0.3 is 0 Å². The van der Waals surface area contributed by atoms with Crippen molar-refractivity contribution >= 4 is 52.0 Å². The summed E-state index contributed by atoms with van der Waals surface area (Å²) >= 11 is 13.3. The smallest absolute Gasteiger partial charge is 0.261 e. The van der Waals surface area contributed by atoms with Crippen molar-refractivity contribution in [2.75, 3.05) is 18.0 Å². The van der Waals surface area contributed by atoms with E-state index in [2.05, 4.69) is 5.32 Å². The Morgan fingerprint density at radius 3 is 2.45 bits per heavy atom. The molecule has 7 heteroatoms. The van der Waals surface area contributed by atoms with Crippen molar-refractivity contribution in [2.24, 2.45) is 0 Å². The second kappa shape index (κ2) is 7.63. The molecule has 1 heterocycles. The molecule has 1 aromatic heterocycles. The van der Waals surface area contributed by atoms with Crippen molar-refractivity contribution in [3.05, 3.63) is 50.6 Å². The maximum atomic E-state index is 11.9. The molecule has 0 unspecified atom stereocenters. The number of halogens is 2. The van der Waals surface area contributed by atoms with Gasteiger partial charge in [-0.1, -0.05) is 29.3 Å². The molecule has 2 aromatic rings. The van der Waals surface area contributed by atoms with Gasteiger partial charge in [0.25, 0.3) is 5.91 Å². The average molecular weight is 357 g/mol. The van der Waals surface area contributed by atoms with E-state index in [0.29, 0.717) is 33.7 Å². The molecular formula is C15H14Cl2N2O2S. The Labute approximate surface area is 142 Å². The molecule has 1 aromatic carbocycles. The maximum Gasteiger partial charge on any atom is 0.261 e. The second-order valence-electron chi connectivity index (χ2n) is 4.53. The van der Waals surface area contributed by atoms with Crippen LogP contribution in [0.15, 0.2) is 35.7 Å². The zero-order chi connectivity index (χ0) is 16.1. The van der Waals surface area contributed by atoms with E-state index in [4.69, 9.17) is 23.2 Å². The zero-order valence-corrected chi connectivity index (χ0v) is 14.1. The molecule has 116 valence electrons. The van der Waals surface area contributed by atoms with Gasteiger partial charge in [-0.3, -0.25) is 9.59 Å². The molecule has 0 saturated carbocycles. The fraction of sp³-hybridized carbons (Fsp3) is 0.200. The third-order valence-corrected chi connectivity index (χ3v) is 4.21. The summed E-state index contributed by atoms with van der Waals surface area (Å²) in [6, 6.07) is 8.49. The van der Waals surface area contributed by atoms with Crippen LogP contribution in [0, 0.1) is 0 Å². The van der Waals surface area contributed by atoms with Gasteiger partial charge in [-0.25, -0.2) is 0 Å². The zero-order valence-electron chi connectivity index (χ0n) is 11.8. The number of nitrogens with one attached hydrogen (secondary N) is 1. The summed E-state index contributed by atoms with van der Waals surface area (Å²) in [4.78, 5) is 25.8. The lowest BCUT2D eigenvalue weighted by Crippen LogP contribution is -2.37. The molecule has 0 fully saturated rings. The van der Waals surface area contributed by atoms with Crippen LogP contribution in [0.3, 0.4) is 0 Å². The monoisotopic (exact) mass is 356 g/mol. The van der Waals surface area contributed by atoms with Gasteiger partial charge in [-0.05, 0) is 29.6 Å². The van der Waals surface area contributed by atoms with E-state index >= 15 is 0 Å². The first-order chi connectivity index (χ1) is 10.5. The number of nitrogens with zero attached hydrogens (tertiary/aromatic N) is 1. The van der Waals surface area contributed by atoms with Gasteiger partial charge < -0.3 is 10.2 Å². The quantitative estimate of drug-likeness (QED) is 0.884. The first-order valence-electron chi connectivity index (χ1n) is 6.53. The maximum absolute atomic E-state index is 11.9. The van der Waals surface area contributed by atoms with Crippen LogP contribution in [0.2, 0.25) is 10.0 Å². The first-order valence-corrected chi connectivity index (χ1v) is 8.17. The molecule has 0 aliphatic carbocycles. The van der Waals surface area contributed by atoms with E-state index in [1.54, 1.807) is 24.3 Å². The SMILES string of the molecule is CC(=O)N(CCNC(=O)c1cccs1)c1cc(Cl)cc(Cl)c1. The number of benzene rings is 1. The number of carbonyl (C=O) groups excluding carboxylic acids is 2. The number of anilines is 1. The van der Waals surface area contributed by atoms with Crippen molar-refractivity contribution in [1.29, 1.82) is 0 Å². The van der Waals surface area contributed by atoms with Crippen LogP contribution in [-0.4, -0.2) is 24.9 Å². The lowest BCUT2D eigenvalue weighted by Gasteiger charge is -2.22. The van der Waals surface area contributed by atoms with Crippen LogP contribution in [0.4, 0.5) is 5.69 Å². The van der Waals surface area contributed by atoms with E-state index in [1.807, 2.05) is 11.4 Å². The molecule has 2 amide bonds. The molecule has 0 saturated heterocycles. The largest absolute Gasteiger partial charge is 0.350 e. The molecule has 0 aliphatic rings. The van der Waals surface area contributed by atoms with Crippen LogP contribution in [0.1, 0.15) is 16.6 Å². The minimum atomic E-state index is -0.150. The van der Waals surface area contributed by atoms with E-state index in [1.165, 1.54) is 23.2 Å². The van der Waals surface area contributed by atoms with E-state index in [-0.39, 0.29) is 11.8 Å². The summed E-state index contributed by atoms with van der Waals surface area (Å²) in [6.07, 6.45) is 0. The van der Waals surface area contributed by atoms with Crippen LogP contribution in [0.5, 0.6) is 0 Å². The highest BCUT2D eigenvalue weighted by molar-refractivity contribution is 7.12. The Morgan fingerprint density at radius 1 is 1.23 bits per heavy atom. The van der Waals surface area contributed by atoms with E-state index in [0.717, 1.165) is 0 Å². The number of rotatable bonds is 5. The van der Waals surface area contributed by atoms with Crippen LogP contribution < -0.4 is 10.2 Å². The molecule has 0 atom stereocenters. The van der Waals surface area contributed by atoms with Gasteiger partial charge in [0.1, 0.15) is 0 Å². The summed E-state index contributed by atoms with van der Waals surface area (Å²) in [6.45, 7) is 2.12. The molecular weight excluding hydrogens is 343 g/mol. The number of amides is 2.